The standard InChI is InChI=1S/C46H36N2/c47-44(36-15-5-2-6-16-36)30-45(39-19-11-18-37(28-39)34-24-22-33(23-25-34)32-12-3-1-4-13-32)48-31-43-41-20-9-8-17-38(41)29-40-27-26-35-14-7-10-21-42(35)46(40)43/h1-30,44,48H,31,47H2/b45-30-. The second-order valence-electron chi connectivity index (χ2n) is 12.4. The van der Waals surface area contributed by atoms with Gasteiger partial charge in [-0.05, 0) is 89.5 Å². The van der Waals surface area contributed by atoms with Crippen molar-refractivity contribution in [3.63, 3.8) is 0 Å². The lowest BCUT2D eigenvalue weighted by Gasteiger charge is -2.19. The summed E-state index contributed by atoms with van der Waals surface area (Å²) in [6, 6.07) is 62.3. The highest BCUT2D eigenvalue weighted by atomic mass is 14.9. The van der Waals surface area contributed by atoms with E-state index in [0.717, 1.165) is 22.4 Å². The molecule has 0 spiro atoms. The molecular formula is C46H36N2. The molecule has 0 aliphatic carbocycles. The molecule has 2 nitrogen and oxygen atoms in total. The summed E-state index contributed by atoms with van der Waals surface area (Å²) in [6.45, 7) is 0.648. The molecule has 8 aromatic rings. The maximum absolute atomic E-state index is 6.86. The summed E-state index contributed by atoms with van der Waals surface area (Å²) < 4.78 is 0. The number of benzene rings is 8. The molecule has 8 aromatic carbocycles. The molecule has 0 aliphatic heterocycles. The molecular weight excluding hydrogens is 581 g/mol. The van der Waals surface area contributed by atoms with E-state index in [1.165, 1.54) is 54.6 Å². The topological polar surface area (TPSA) is 38.0 Å². The van der Waals surface area contributed by atoms with Gasteiger partial charge >= 0.3 is 0 Å². The summed E-state index contributed by atoms with van der Waals surface area (Å²) in [5, 5.41) is 11.4. The predicted octanol–water partition coefficient (Wildman–Crippen LogP) is 11.3. The molecule has 1 unspecified atom stereocenters. The van der Waals surface area contributed by atoms with Crippen LogP contribution in [0, 0.1) is 0 Å². The second-order valence-corrected chi connectivity index (χ2v) is 12.4. The van der Waals surface area contributed by atoms with Crippen LogP contribution >= 0.6 is 0 Å². The van der Waals surface area contributed by atoms with Crippen molar-refractivity contribution in [2.24, 2.45) is 5.73 Å². The lowest BCUT2D eigenvalue weighted by Crippen LogP contribution is -2.16. The van der Waals surface area contributed by atoms with Gasteiger partial charge in [0.25, 0.3) is 0 Å². The minimum Gasteiger partial charge on any atom is -0.381 e. The van der Waals surface area contributed by atoms with Gasteiger partial charge in [0.2, 0.25) is 0 Å². The summed E-state index contributed by atoms with van der Waals surface area (Å²) in [5.41, 5.74) is 16.1. The van der Waals surface area contributed by atoms with E-state index in [4.69, 9.17) is 5.73 Å². The van der Waals surface area contributed by atoms with E-state index >= 15 is 0 Å². The van der Waals surface area contributed by atoms with Crippen LogP contribution < -0.4 is 11.1 Å². The Bertz CT molecular complexity index is 2390. The summed E-state index contributed by atoms with van der Waals surface area (Å²) in [4.78, 5) is 0. The number of rotatable bonds is 8. The fourth-order valence-corrected chi connectivity index (χ4v) is 6.87. The van der Waals surface area contributed by atoms with E-state index in [1.807, 2.05) is 18.2 Å². The number of nitrogens with two attached hydrogens (primary N) is 1. The number of hydrogen-bond acceptors (Lipinski definition) is 2. The lowest BCUT2D eigenvalue weighted by atomic mass is 9.92. The molecule has 0 saturated heterocycles. The van der Waals surface area contributed by atoms with Crippen LogP contribution in [0.25, 0.3) is 60.3 Å². The van der Waals surface area contributed by atoms with Crippen molar-refractivity contribution < 1.29 is 0 Å². The highest BCUT2D eigenvalue weighted by Crippen LogP contribution is 2.35. The molecule has 48 heavy (non-hydrogen) atoms. The molecule has 0 aromatic heterocycles. The molecule has 0 radical (unpaired) electrons. The Labute approximate surface area is 281 Å². The highest BCUT2D eigenvalue weighted by molar-refractivity contribution is 6.14. The monoisotopic (exact) mass is 616 g/mol. The van der Waals surface area contributed by atoms with Gasteiger partial charge in [-0.3, -0.25) is 0 Å². The fraction of sp³-hybridized carbons (Fsp3) is 0.0435. The molecule has 0 amide bonds. The van der Waals surface area contributed by atoms with E-state index in [9.17, 15) is 0 Å². The van der Waals surface area contributed by atoms with Gasteiger partial charge in [-0.2, -0.15) is 0 Å². The Balaban J connectivity index is 1.21. The van der Waals surface area contributed by atoms with Crippen LogP contribution in [0.5, 0.6) is 0 Å². The van der Waals surface area contributed by atoms with Crippen molar-refractivity contribution in [2.45, 2.75) is 12.6 Å². The van der Waals surface area contributed by atoms with Crippen LogP contribution in [-0.2, 0) is 6.54 Å². The first-order valence-electron chi connectivity index (χ1n) is 16.6. The van der Waals surface area contributed by atoms with E-state index in [0.29, 0.717) is 6.54 Å². The summed E-state index contributed by atoms with van der Waals surface area (Å²) in [7, 11) is 0. The summed E-state index contributed by atoms with van der Waals surface area (Å²) >= 11 is 0. The zero-order chi connectivity index (χ0) is 32.3. The first-order chi connectivity index (χ1) is 23.7. The second kappa shape index (κ2) is 13.0. The van der Waals surface area contributed by atoms with Gasteiger partial charge in [0.1, 0.15) is 0 Å². The Hall–Kier alpha value is -5.96. The summed E-state index contributed by atoms with van der Waals surface area (Å²) in [6.07, 6.45) is 2.17. The molecule has 2 heteroatoms. The van der Waals surface area contributed by atoms with Crippen molar-refractivity contribution in [2.75, 3.05) is 0 Å². The molecule has 0 bridgehead atoms. The van der Waals surface area contributed by atoms with Gasteiger partial charge in [-0.25, -0.2) is 0 Å². The van der Waals surface area contributed by atoms with Crippen molar-refractivity contribution in [3.8, 4) is 22.3 Å². The Morgan fingerprint density at radius 2 is 1.08 bits per heavy atom. The van der Waals surface area contributed by atoms with E-state index in [1.54, 1.807) is 0 Å². The van der Waals surface area contributed by atoms with Gasteiger partial charge in [0, 0.05) is 12.2 Å². The molecule has 3 N–H and O–H groups in total. The normalized spacial score (nSPS) is 12.4. The number of nitrogens with one attached hydrogen (secondary N) is 1. The van der Waals surface area contributed by atoms with Crippen LogP contribution in [-0.4, -0.2) is 0 Å². The zero-order valence-corrected chi connectivity index (χ0v) is 26.7. The minimum atomic E-state index is -0.271. The molecule has 230 valence electrons. The maximum atomic E-state index is 6.86. The van der Waals surface area contributed by atoms with Gasteiger partial charge in [0.05, 0.1) is 6.04 Å². The first-order valence-corrected chi connectivity index (χ1v) is 16.6. The van der Waals surface area contributed by atoms with Gasteiger partial charge in [-0.1, -0.05) is 164 Å². The molecule has 0 fully saturated rings. The molecule has 0 aliphatic rings. The van der Waals surface area contributed by atoms with E-state index in [2.05, 4.69) is 169 Å². The van der Waals surface area contributed by atoms with Crippen LogP contribution in [0.4, 0.5) is 0 Å². The van der Waals surface area contributed by atoms with Crippen molar-refractivity contribution >= 4 is 38.0 Å². The molecule has 0 saturated carbocycles. The van der Waals surface area contributed by atoms with Crippen molar-refractivity contribution in [1.82, 2.24) is 5.32 Å². The maximum Gasteiger partial charge on any atom is 0.0504 e. The van der Waals surface area contributed by atoms with Crippen LogP contribution in [0.1, 0.15) is 22.7 Å². The van der Waals surface area contributed by atoms with Crippen molar-refractivity contribution in [3.05, 3.63) is 199 Å². The third-order valence-electron chi connectivity index (χ3n) is 9.35. The predicted molar refractivity (Wildman–Crippen MR) is 204 cm³/mol. The van der Waals surface area contributed by atoms with Gasteiger partial charge < -0.3 is 11.1 Å². The lowest BCUT2D eigenvalue weighted by molar-refractivity contribution is 0.865. The number of hydrogen-bond donors (Lipinski definition) is 2. The fourth-order valence-electron chi connectivity index (χ4n) is 6.87. The van der Waals surface area contributed by atoms with Crippen molar-refractivity contribution in [1.29, 1.82) is 0 Å². The molecule has 8 rings (SSSR count). The average molecular weight is 617 g/mol. The highest BCUT2D eigenvalue weighted by Gasteiger charge is 2.14. The third kappa shape index (κ3) is 5.86. The largest absolute Gasteiger partial charge is 0.381 e. The van der Waals surface area contributed by atoms with Crippen LogP contribution in [0.3, 0.4) is 0 Å². The van der Waals surface area contributed by atoms with Crippen LogP contribution in [0.15, 0.2) is 182 Å². The Kier molecular flexibility index (Phi) is 8.00. The molecule has 0 heterocycles. The minimum absolute atomic E-state index is 0.271. The SMILES string of the molecule is NC(/C=C(\NCc1c2ccccc2cc2ccc3ccccc3c12)c1cccc(-c2ccc(-c3ccccc3)cc2)c1)c1ccccc1. The molecule has 1 atom stereocenters. The third-order valence-corrected chi connectivity index (χ3v) is 9.35. The van der Waals surface area contributed by atoms with Gasteiger partial charge in [0.15, 0.2) is 0 Å². The van der Waals surface area contributed by atoms with E-state index in [-0.39, 0.29) is 6.04 Å². The smallest absolute Gasteiger partial charge is 0.0504 e. The van der Waals surface area contributed by atoms with Gasteiger partial charge in [-0.15, -0.1) is 0 Å². The first kappa shape index (κ1) is 29.4. The van der Waals surface area contributed by atoms with E-state index < -0.39 is 0 Å². The summed E-state index contributed by atoms with van der Waals surface area (Å²) in [5.74, 6) is 0. The quantitative estimate of drug-likeness (QED) is 0.132. The Morgan fingerprint density at radius 1 is 0.500 bits per heavy atom. The number of fused-ring (bicyclic) bond motifs is 4. The zero-order valence-electron chi connectivity index (χ0n) is 26.7. The van der Waals surface area contributed by atoms with Crippen LogP contribution in [0.2, 0.25) is 0 Å². The Morgan fingerprint density at radius 3 is 1.85 bits per heavy atom. The average Bonchev–Trinajstić information content (AvgIpc) is 3.16.